The number of hydrogen-bond acceptors (Lipinski definition) is 6. The number of aromatic nitrogens is 4. The average molecular weight is 251 g/mol. The molecule has 0 atom stereocenters. The van der Waals surface area contributed by atoms with Crippen LogP contribution in [0.3, 0.4) is 0 Å². The summed E-state index contributed by atoms with van der Waals surface area (Å²) in [5.74, 6) is -1.80. The molecule has 0 bridgehead atoms. The van der Waals surface area contributed by atoms with Crippen molar-refractivity contribution in [3.05, 3.63) is 29.7 Å². The van der Waals surface area contributed by atoms with Gasteiger partial charge in [0, 0.05) is 13.1 Å². The number of amides is 1. The molecule has 9 nitrogen and oxygen atoms in total. The van der Waals surface area contributed by atoms with Crippen LogP contribution in [0.2, 0.25) is 0 Å². The molecule has 2 heterocycles. The molecule has 2 rings (SSSR count). The molecule has 0 aliphatic rings. The third-order valence-corrected chi connectivity index (χ3v) is 2.01. The van der Waals surface area contributed by atoms with Crippen molar-refractivity contribution in [2.45, 2.75) is 6.54 Å². The fraction of sp³-hybridized carbons (Fsp3) is 0.222. The maximum atomic E-state index is 11.6. The zero-order chi connectivity index (χ0) is 13.1. The second-order valence-electron chi connectivity index (χ2n) is 3.40. The molecule has 0 aliphatic carbocycles. The van der Waals surface area contributed by atoms with Crippen LogP contribution in [0.25, 0.3) is 0 Å². The van der Waals surface area contributed by atoms with Crippen LogP contribution in [-0.2, 0) is 13.6 Å². The Bertz CT molecular complexity index is 587. The van der Waals surface area contributed by atoms with Crippen molar-refractivity contribution >= 4 is 11.9 Å². The standard InChI is InChI=1S/C9H9N5O4/c1-14-4-11-7(12-14)3-10-8(15)5-2-6(9(16)17)18-13-5/h2,4H,3H2,1H3,(H,10,15)(H,16,17). The number of rotatable bonds is 4. The minimum Gasteiger partial charge on any atom is -0.475 e. The second kappa shape index (κ2) is 4.65. The van der Waals surface area contributed by atoms with E-state index in [0.29, 0.717) is 5.82 Å². The van der Waals surface area contributed by atoms with Gasteiger partial charge in [-0.15, -0.1) is 0 Å². The van der Waals surface area contributed by atoms with Crippen LogP contribution in [-0.4, -0.2) is 36.9 Å². The molecule has 0 fully saturated rings. The molecule has 1 amide bonds. The van der Waals surface area contributed by atoms with Crippen molar-refractivity contribution in [3.63, 3.8) is 0 Å². The van der Waals surface area contributed by atoms with E-state index in [-0.39, 0.29) is 12.2 Å². The average Bonchev–Trinajstić information content (AvgIpc) is 2.94. The summed E-state index contributed by atoms with van der Waals surface area (Å²) in [6, 6.07) is 1.05. The first-order chi connectivity index (χ1) is 8.56. The van der Waals surface area contributed by atoms with Gasteiger partial charge in [0.1, 0.15) is 6.33 Å². The van der Waals surface area contributed by atoms with E-state index in [4.69, 9.17) is 5.11 Å². The number of aryl methyl sites for hydroxylation is 1. The Kier molecular flexibility index (Phi) is 3.04. The largest absolute Gasteiger partial charge is 0.475 e. The first-order valence-corrected chi connectivity index (χ1v) is 4.89. The molecule has 0 spiro atoms. The smallest absolute Gasteiger partial charge is 0.374 e. The van der Waals surface area contributed by atoms with E-state index in [0.717, 1.165) is 6.07 Å². The molecule has 0 unspecified atom stereocenters. The number of carbonyl (C=O) groups is 2. The molecule has 0 aliphatic heterocycles. The third-order valence-electron chi connectivity index (χ3n) is 2.01. The second-order valence-corrected chi connectivity index (χ2v) is 3.40. The monoisotopic (exact) mass is 251 g/mol. The summed E-state index contributed by atoms with van der Waals surface area (Å²) in [4.78, 5) is 26.0. The first kappa shape index (κ1) is 11.8. The van der Waals surface area contributed by atoms with Crippen LogP contribution < -0.4 is 5.32 Å². The number of carbonyl (C=O) groups excluding carboxylic acids is 1. The van der Waals surface area contributed by atoms with Crippen LogP contribution in [0.1, 0.15) is 26.9 Å². The van der Waals surface area contributed by atoms with Crippen molar-refractivity contribution in [2.75, 3.05) is 0 Å². The van der Waals surface area contributed by atoms with E-state index in [2.05, 4.69) is 25.1 Å². The number of nitrogens with one attached hydrogen (secondary N) is 1. The fourth-order valence-corrected chi connectivity index (χ4v) is 1.20. The Morgan fingerprint density at radius 2 is 2.33 bits per heavy atom. The Hall–Kier alpha value is -2.71. The van der Waals surface area contributed by atoms with Crippen molar-refractivity contribution in [3.8, 4) is 0 Å². The van der Waals surface area contributed by atoms with Gasteiger partial charge >= 0.3 is 5.97 Å². The highest BCUT2D eigenvalue weighted by Gasteiger charge is 2.16. The van der Waals surface area contributed by atoms with Gasteiger partial charge in [-0.05, 0) is 0 Å². The lowest BCUT2D eigenvalue weighted by Crippen LogP contribution is -2.23. The Balaban J connectivity index is 1.97. The summed E-state index contributed by atoms with van der Waals surface area (Å²) in [7, 11) is 1.70. The Morgan fingerprint density at radius 3 is 2.89 bits per heavy atom. The minimum atomic E-state index is -1.28. The zero-order valence-electron chi connectivity index (χ0n) is 9.32. The highest BCUT2D eigenvalue weighted by molar-refractivity contribution is 5.94. The maximum Gasteiger partial charge on any atom is 0.374 e. The number of aromatic carboxylic acids is 1. The molecular formula is C9H9N5O4. The van der Waals surface area contributed by atoms with Crippen LogP contribution in [0, 0.1) is 0 Å². The van der Waals surface area contributed by atoms with Gasteiger partial charge < -0.3 is 14.9 Å². The lowest BCUT2D eigenvalue weighted by atomic mass is 10.3. The number of carboxylic acids is 1. The lowest BCUT2D eigenvalue weighted by molar-refractivity contribution is 0.0651. The zero-order valence-corrected chi connectivity index (χ0v) is 9.32. The van der Waals surface area contributed by atoms with E-state index in [9.17, 15) is 9.59 Å². The number of hydrogen-bond donors (Lipinski definition) is 2. The number of carboxylic acid groups (broad SMARTS) is 1. The van der Waals surface area contributed by atoms with E-state index < -0.39 is 17.6 Å². The highest BCUT2D eigenvalue weighted by atomic mass is 16.5. The predicted octanol–water partition coefficient (Wildman–Crippen LogP) is -0.569. The van der Waals surface area contributed by atoms with Crippen LogP contribution in [0.5, 0.6) is 0 Å². The molecule has 94 valence electrons. The van der Waals surface area contributed by atoms with E-state index >= 15 is 0 Å². The van der Waals surface area contributed by atoms with Crippen molar-refractivity contribution in [1.82, 2.24) is 25.2 Å². The van der Waals surface area contributed by atoms with Gasteiger partial charge in [0.15, 0.2) is 11.5 Å². The molecule has 0 saturated heterocycles. The molecule has 2 N–H and O–H groups in total. The van der Waals surface area contributed by atoms with Crippen LogP contribution in [0.4, 0.5) is 0 Å². The highest BCUT2D eigenvalue weighted by Crippen LogP contribution is 2.03. The summed E-state index contributed by atoms with van der Waals surface area (Å²) in [6.45, 7) is 0.120. The number of nitrogens with zero attached hydrogens (tertiary/aromatic N) is 4. The van der Waals surface area contributed by atoms with Gasteiger partial charge in [-0.1, -0.05) is 5.16 Å². The summed E-state index contributed by atoms with van der Waals surface area (Å²) in [5.41, 5.74) is -0.108. The van der Waals surface area contributed by atoms with Gasteiger partial charge in [0.2, 0.25) is 5.76 Å². The van der Waals surface area contributed by atoms with E-state index in [1.54, 1.807) is 7.05 Å². The SMILES string of the molecule is Cn1cnc(CNC(=O)c2cc(C(=O)O)on2)n1. The summed E-state index contributed by atoms with van der Waals surface area (Å²) in [5, 5.41) is 18.4. The molecule has 9 heteroatoms. The molecule has 0 aromatic carbocycles. The van der Waals surface area contributed by atoms with Gasteiger partial charge in [0.05, 0.1) is 6.54 Å². The van der Waals surface area contributed by atoms with Crippen molar-refractivity contribution in [2.24, 2.45) is 7.05 Å². The maximum absolute atomic E-state index is 11.6. The molecule has 0 radical (unpaired) electrons. The quantitative estimate of drug-likeness (QED) is 0.745. The lowest BCUT2D eigenvalue weighted by Gasteiger charge is -1.97. The summed E-state index contributed by atoms with van der Waals surface area (Å²) >= 11 is 0. The first-order valence-electron chi connectivity index (χ1n) is 4.89. The van der Waals surface area contributed by atoms with Crippen LogP contribution in [0.15, 0.2) is 16.9 Å². The molecular weight excluding hydrogens is 242 g/mol. The third kappa shape index (κ3) is 2.51. The minimum absolute atomic E-state index is 0.108. The predicted molar refractivity (Wildman–Crippen MR) is 55.6 cm³/mol. The van der Waals surface area contributed by atoms with Crippen molar-refractivity contribution < 1.29 is 19.2 Å². The van der Waals surface area contributed by atoms with E-state index in [1.807, 2.05) is 0 Å². The Labute approximate surface area is 100 Å². The van der Waals surface area contributed by atoms with E-state index in [1.165, 1.54) is 11.0 Å². The van der Waals surface area contributed by atoms with Gasteiger partial charge in [-0.3, -0.25) is 9.48 Å². The topological polar surface area (TPSA) is 123 Å². The van der Waals surface area contributed by atoms with Gasteiger partial charge in [-0.25, -0.2) is 9.78 Å². The normalized spacial score (nSPS) is 10.3. The Morgan fingerprint density at radius 1 is 1.56 bits per heavy atom. The molecule has 2 aromatic heterocycles. The molecule has 2 aromatic rings. The fourth-order valence-electron chi connectivity index (χ4n) is 1.20. The summed E-state index contributed by atoms with van der Waals surface area (Å²) in [6.07, 6.45) is 1.50. The van der Waals surface area contributed by atoms with Gasteiger partial charge in [0.25, 0.3) is 5.91 Å². The van der Waals surface area contributed by atoms with Crippen molar-refractivity contribution in [1.29, 1.82) is 0 Å². The summed E-state index contributed by atoms with van der Waals surface area (Å²) < 4.78 is 5.96. The van der Waals surface area contributed by atoms with Crippen LogP contribution >= 0.6 is 0 Å². The molecule has 0 saturated carbocycles. The van der Waals surface area contributed by atoms with Gasteiger partial charge in [-0.2, -0.15) is 5.10 Å². The molecule has 18 heavy (non-hydrogen) atoms.